The molecule has 7 heteroatoms. The molecule has 0 bridgehead atoms. The van der Waals surface area contributed by atoms with Gasteiger partial charge in [0.15, 0.2) is 11.5 Å². The van der Waals surface area contributed by atoms with Gasteiger partial charge in [-0.15, -0.1) is 0 Å². The molecule has 1 N–H and O–H groups in total. The highest BCUT2D eigenvalue weighted by molar-refractivity contribution is 5.85. The van der Waals surface area contributed by atoms with Gasteiger partial charge >= 0.3 is 6.09 Å². The van der Waals surface area contributed by atoms with Crippen molar-refractivity contribution < 1.29 is 23.8 Å². The standard InChI is InChI=1S/C18H24N2O5/c1-23-18(22)20-8-3-2-5-14(20)17(21)19-12-13-6-7-15-16(11-13)25-10-4-9-24-15/h6-7,11,14H,2-5,8-10,12H2,1H3,(H,19,21)/t14-/m0/s1. The Kier molecular flexibility index (Phi) is 5.63. The van der Waals surface area contributed by atoms with Gasteiger partial charge in [0.2, 0.25) is 5.91 Å². The van der Waals surface area contributed by atoms with Crippen LogP contribution in [0, 0.1) is 0 Å². The van der Waals surface area contributed by atoms with Crippen LogP contribution in [0.5, 0.6) is 11.5 Å². The third-order valence-electron chi connectivity index (χ3n) is 4.49. The molecule has 2 heterocycles. The maximum Gasteiger partial charge on any atom is 0.410 e. The Labute approximate surface area is 147 Å². The Balaban J connectivity index is 1.61. The highest BCUT2D eigenvalue weighted by Crippen LogP contribution is 2.30. The van der Waals surface area contributed by atoms with Crippen molar-refractivity contribution in [2.75, 3.05) is 26.9 Å². The number of amides is 2. The summed E-state index contributed by atoms with van der Waals surface area (Å²) < 4.78 is 16.1. The molecule has 7 nitrogen and oxygen atoms in total. The lowest BCUT2D eigenvalue weighted by Crippen LogP contribution is -2.51. The molecule has 0 aliphatic carbocycles. The third-order valence-corrected chi connectivity index (χ3v) is 4.49. The molecule has 0 saturated carbocycles. The maximum absolute atomic E-state index is 12.5. The van der Waals surface area contributed by atoms with Gasteiger partial charge in [0, 0.05) is 19.5 Å². The van der Waals surface area contributed by atoms with Gasteiger partial charge in [0.25, 0.3) is 0 Å². The maximum atomic E-state index is 12.5. The molecule has 1 saturated heterocycles. The van der Waals surface area contributed by atoms with Crippen LogP contribution in [-0.4, -0.2) is 49.8 Å². The molecule has 0 unspecified atom stereocenters. The second kappa shape index (κ2) is 8.09. The van der Waals surface area contributed by atoms with Crippen molar-refractivity contribution in [2.24, 2.45) is 0 Å². The fourth-order valence-corrected chi connectivity index (χ4v) is 3.16. The summed E-state index contributed by atoms with van der Waals surface area (Å²) in [5, 5.41) is 2.92. The van der Waals surface area contributed by atoms with E-state index in [1.807, 2.05) is 18.2 Å². The predicted octanol–water partition coefficient (Wildman–Crippen LogP) is 2.08. The monoisotopic (exact) mass is 348 g/mol. The van der Waals surface area contributed by atoms with Gasteiger partial charge in [-0.05, 0) is 37.0 Å². The number of fused-ring (bicyclic) bond motifs is 1. The third kappa shape index (κ3) is 4.15. The Morgan fingerprint density at radius 1 is 1.20 bits per heavy atom. The summed E-state index contributed by atoms with van der Waals surface area (Å²) in [4.78, 5) is 25.9. The number of carbonyl (C=O) groups excluding carboxylic acids is 2. The zero-order chi connectivity index (χ0) is 17.6. The average molecular weight is 348 g/mol. The van der Waals surface area contributed by atoms with Crippen LogP contribution in [0.4, 0.5) is 4.79 Å². The van der Waals surface area contributed by atoms with E-state index in [0.29, 0.717) is 38.5 Å². The van der Waals surface area contributed by atoms with Crippen molar-refractivity contribution >= 4 is 12.0 Å². The lowest BCUT2D eigenvalue weighted by molar-refractivity contribution is -0.127. The first-order valence-corrected chi connectivity index (χ1v) is 8.70. The number of benzene rings is 1. The zero-order valence-corrected chi connectivity index (χ0v) is 14.5. The predicted molar refractivity (Wildman–Crippen MR) is 90.6 cm³/mol. The lowest BCUT2D eigenvalue weighted by Gasteiger charge is -2.33. The molecule has 0 radical (unpaired) electrons. The van der Waals surface area contributed by atoms with Crippen LogP contribution in [0.2, 0.25) is 0 Å². The second-order valence-electron chi connectivity index (χ2n) is 6.22. The number of hydrogen-bond acceptors (Lipinski definition) is 5. The minimum Gasteiger partial charge on any atom is -0.490 e. The molecule has 2 aliphatic rings. The van der Waals surface area contributed by atoms with Gasteiger partial charge in [-0.2, -0.15) is 0 Å². The van der Waals surface area contributed by atoms with Crippen LogP contribution in [0.3, 0.4) is 0 Å². The Morgan fingerprint density at radius 2 is 2.00 bits per heavy atom. The minimum absolute atomic E-state index is 0.155. The summed E-state index contributed by atoms with van der Waals surface area (Å²) in [6.07, 6.45) is 2.88. The van der Waals surface area contributed by atoms with Crippen LogP contribution >= 0.6 is 0 Å². The summed E-state index contributed by atoms with van der Waals surface area (Å²) in [5.74, 6) is 1.28. The molecule has 3 rings (SSSR count). The quantitative estimate of drug-likeness (QED) is 0.905. The van der Waals surface area contributed by atoms with E-state index in [-0.39, 0.29) is 5.91 Å². The van der Waals surface area contributed by atoms with Crippen LogP contribution in [0.25, 0.3) is 0 Å². The van der Waals surface area contributed by atoms with E-state index in [2.05, 4.69) is 5.32 Å². The van der Waals surface area contributed by atoms with Crippen molar-refractivity contribution in [3.05, 3.63) is 23.8 Å². The van der Waals surface area contributed by atoms with Crippen LogP contribution in [0.1, 0.15) is 31.2 Å². The second-order valence-corrected chi connectivity index (χ2v) is 6.22. The number of hydrogen-bond donors (Lipinski definition) is 1. The number of methoxy groups -OCH3 is 1. The number of ether oxygens (including phenoxy) is 3. The van der Waals surface area contributed by atoms with E-state index in [1.54, 1.807) is 0 Å². The molecule has 1 aromatic carbocycles. The normalized spacial score (nSPS) is 19.7. The Hall–Kier alpha value is -2.44. The number of nitrogens with one attached hydrogen (secondary N) is 1. The molecule has 0 aromatic heterocycles. The summed E-state index contributed by atoms with van der Waals surface area (Å²) in [6.45, 7) is 2.20. The van der Waals surface area contributed by atoms with Crippen molar-refractivity contribution in [1.29, 1.82) is 0 Å². The first kappa shape index (κ1) is 17.4. The fourth-order valence-electron chi connectivity index (χ4n) is 3.16. The van der Waals surface area contributed by atoms with Crippen molar-refractivity contribution in [3.8, 4) is 11.5 Å². The molecule has 2 amide bonds. The van der Waals surface area contributed by atoms with Crippen molar-refractivity contribution in [3.63, 3.8) is 0 Å². The Bertz CT molecular complexity index is 634. The van der Waals surface area contributed by atoms with Gasteiger partial charge in [-0.3, -0.25) is 9.69 Å². The van der Waals surface area contributed by atoms with E-state index in [4.69, 9.17) is 14.2 Å². The first-order chi connectivity index (χ1) is 12.2. The number of likely N-dealkylation sites (tertiary alicyclic amines) is 1. The van der Waals surface area contributed by atoms with Gasteiger partial charge in [-0.25, -0.2) is 4.79 Å². The summed E-state index contributed by atoms with van der Waals surface area (Å²) in [7, 11) is 1.34. The highest BCUT2D eigenvalue weighted by atomic mass is 16.5. The number of rotatable bonds is 3. The number of piperidine rings is 1. The highest BCUT2D eigenvalue weighted by Gasteiger charge is 2.32. The van der Waals surface area contributed by atoms with E-state index in [0.717, 1.165) is 30.6 Å². The largest absolute Gasteiger partial charge is 0.490 e. The van der Waals surface area contributed by atoms with E-state index >= 15 is 0 Å². The minimum atomic E-state index is -0.471. The molecule has 1 fully saturated rings. The van der Waals surface area contributed by atoms with Crippen LogP contribution in [-0.2, 0) is 16.1 Å². The molecule has 0 spiro atoms. The smallest absolute Gasteiger partial charge is 0.410 e. The van der Waals surface area contributed by atoms with Crippen molar-refractivity contribution in [2.45, 2.75) is 38.3 Å². The van der Waals surface area contributed by atoms with E-state index in [9.17, 15) is 9.59 Å². The van der Waals surface area contributed by atoms with Crippen LogP contribution < -0.4 is 14.8 Å². The summed E-state index contributed by atoms with van der Waals surface area (Å²) >= 11 is 0. The summed E-state index contributed by atoms with van der Waals surface area (Å²) in [6, 6.07) is 5.19. The molecule has 2 aliphatic heterocycles. The van der Waals surface area contributed by atoms with Crippen molar-refractivity contribution in [1.82, 2.24) is 10.2 Å². The molecule has 136 valence electrons. The molecule has 1 aromatic rings. The van der Waals surface area contributed by atoms with Gasteiger partial charge < -0.3 is 19.5 Å². The first-order valence-electron chi connectivity index (χ1n) is 8.70. The van der Waals surface area contributed by atoms with Gasteiger partial charge in [-0.1, -0.05) is 6.07 Å². The Morgan fingerprint density at radius 3 is 2.80 bits per heavy atom. The van der Waals surface area contributed by atoms with E-state index < -0.39 is 12.1 Å². The molecular formula is C18H24N2O5. The topological polar surface area (TPSA) is 77.1 Å². The fraction of sp³-hybridized carbons (Fsp3) is 0.556. The zero-order valence-electron chi connectivity index (χ0n) is 14.5. The summed E-state index contributed by atoms with van der Waals surface area (Å²) in [5.41, 5.74) is 0.929. The van der Waals surface area contributed by atoms with E-state index in [1.165, 1.54) is 12.0 Å². The number of nitrogens with zero attached hydrogens (tertiary/aromatic N) is 1. The van der Waals surface area contributed by atoms with Gasteiger partial charge in [0.05, 0.1) is 20.3 Å². The molecule has 25 heavy (non-hydrogen) atoms. The SMILES string of the molecule is COC(=O)N1CCCC[C@H]1C(=O)NCc1ccc2c(c1)OCCCO2. The van der Waals surface area contributed by atoms with Crippen LogP contribution in [0.15, 0.2) is 18.2 Å². The average Bonchev–Trinajstić information content (AvgIpc) is 2.90. The molecule has 1 atom stereocenters. The molecular weight excluding hydrogens is 324 g/mol. The lowest BCUT2D eigenvalue weighted by atomic mass is 10.0. The number of carbonyl (C=O) groups is 2. The van der Waals surface area contributed by atoms with Gasteiger partial charge in [0.1, 0.15) is 6.04 Å².